The lowest BCUT2D eigenvalue weighted by molar-refractivity contribution is -0.198. The third-order valence-corrected chi connectivity index (χ3v) is 4.40. The summed E-state index contributed by atoms with van der Waals surface area (Å²) in [4.78, 5) is 12.0. The van der Waals surface area contributed by atoms with Crippen molar-refractivity contribution in [3.05, 3.63) is 0 Å². The second-order valence-corrected chi connectivity index (χ2v) is 5.91. The van der Waals surface area contributed by atoms with Crippen LogP contribution in [0.1, 0.15) is 45.4 Å². The molecule has 0 aromatic rings. The summed E-state index contributed by atoms with van der Waals surface area (Å²) in [6, 6.07) is 0. The van der Waals surface area contributed by atoms with E-state index < -0.39 is 23.9 Å². The number of alkyl halides is 4. The molecule has 20 heavy (non-hydrogen) atoms. The highest BCUT2D eigenvalue weighted by Crippen LogP contribution is 2.41. The Kier molecular flexibility index (Phi) is 7.13. The lowest BCUT2D eigenvalue weighted by Gasteiger charge is -2.32. The molecule has 0 heterocycles. The first-order valence-corrected chi connectivity index (χ1v) is 7.84. The zero-order valence-electron chi connectivity index (χ0n) is 11.8. The third kappa shape index (κ3) is 5.15. The molecule has 6 heteroatoms. The molecule has 1 aliphatic rings. The largest absolute Gasteiger partial charge is 0.392 e. The number of rotatable bonds is 6. The Labute approximate surface area is 123 Å². The number of halogens is 4. The van der Waals surface area contributed by atoms with Crippen molar-refractivity contribution >= 4 is 17.5 Å². The van der Waals surface area contributed by atoms with Gasteiger partial charge < -0.3 is 5.32 Å². The maximum absolute atomic E-state index is 12.9. The Morgan fingerprint density at radius 2 is 2.00 bits per heavy atom. The van der Waals surface area contributed by atoms with Gasteiger partial charge >= 0.3 is 6.18 Å². The summed E-state index contributed by atoms with van der Waals surface area (Å²) >= 11 is 5.66. The van der Waals surface area contributed by atoms with Gasteiger partial charge in [0.2, 0.25) is 5.91 Å². The summed E-state index contributed by atoms with van der Waals surface area (Å²) in [5.74, 6) is -2.10. The molecular formula is C14H23ClF3NO. The van der Waals surface area contributed by atoms with E-state index in [2.05, 4.69) is 5.32 Å². The van der Waals surface area contributed by atoms with Crippen LogP contribution < -0.4 is 5.32 Å². The van der Waals surface area contributed by atoms with E-state index in [1.165, 1.54) is 0 Å². The fourth-order valence-electron chi connectivity index (χ4n) is 2.82. The fraction of sp³-hybridized carbons (Fsp3) is 0.929. The van der Waals surface area contributed by atoms with Crippen LogP contribution in [0.4, 0.5) is 13.2 Å². The lowest BCUT2D eigenvalue weighted by Crippen LogP contribution is -2.43. The van der Waals surface area contributed by atoms with Crippen LogP contribution >= 0.6 is 11.6 Å². The zero-order valence-corrected chi connectivity index (χ0v) is 12.6. The average molecular weight is 314 g/mol. The first-order chi connectivity index (χ1) is 9.40. The van der Waals surface area contributed by atoms with Gasteiger partial charge in [-0.15, -0.1) is 11.6 Å². The van der Waals surface area contributed by atoms with Crippen molar-refractivity contribution in [1.29, 1.82) is 0 Å². The molecule has 118 valence electrons. The Morgan fingerprint density at radius 3 is 2.55 bits per heavy atom. The van der Waals surface area contributed by atoms with Gasteiger partial charge in [0.25, 0.3) is 0 Å². The molecule has 0 aromatic carbocycles. The van der Waals surface area contributed by atoms with Gasteiger partial charge in [0, 0.05) is 18.3 Å². The van der Waals surface area contributed by atoms with Crippen LogP contribution in [-0.2, 0) is 4.79 Å². The van der Waals surface area contributed by atoms with Gasteiger partial charge in [-0.1, -0.05) is 26.2 Å². The minimum Gasteiger partial charge on any atom is -0.356 e. The van der Waals surface area contributed by atoms with E-state index in [1.54, 1.807) is 0 Å². The highest BCUT2D eigenvalue weighted by Gasteiger charge is 2.47. The molecule has 0 saturated heterocycles. The number of amides is 1. The Balaban J connectivity index is 2.55. The van der Waals surface area contributed by atoms with Gasteiger partial charge in [0.1, 0.15) is 0 Å². The molecule has 0 aliphatic heterocycles. The van der Waals surface area contributed by atoms with Gasteiger partial charge in [-0.05, 0) is 25.2 Å². The third-order valence-electron chi connectivity index (χ3n) is 4.18. The molecule has 2 nitrogen and oxygen atoms in total. The van der Waals surface area contributed by atoms with Crippen LogP contribution in [0.15, 0.2) is 0 Å². The molecule has 0 bridgehead atoms. The van der Waals surface area contributed by atoms with Crippen molar-refractivity contribution in [3.63, 3.8) is 0 Å². The molecular weight excluding hydrogens is 291 g/mol. The molecule has 0 aromatic heterocycles. The fourth-order valence-corrected chi connectivity index (χ4v) is 3.13. The molecule has 1 amide bonds. The Hall–Kier alpha value is -0.450. The molecule has 3 unspecified atom stereocenters. The summed E-state index contributed by atoms with van der Waals surface area (Å²) in [5, 5.41) is 2.69. The number of hydrogen-bond acceptors (Lipinski definition) is 1. The van der Waals surface area contributed by atoms with Crippen molar-refractivity contribution in [2.24, 2.45) is 17.8 Å². The van der Waals surface area contributed by atoms with Crippen molar-refractivity contribution < 1.29 is 18.0 Å². The summed E-state index contributed by atoms with van der Waals surface area (Å²) in [7, 11) is 0. The zero-order chi connectivity index (χ0) is 15.2. The number of carbonyl (C=O) groups excluding carboxylic acids is 1. The molecule has 0 spiro atoms. The first kappa shape index (κ1) is 17.6. The molecule has 1 fully saturated rings. The van der Waals surface area contributed by atoms with Gasteiger partial charge in [0.15, 0.2) is 0 Å². The predicted molar refractivity (Wildman–Crippen MR) is 73.6 cm³/mol. The number of nitrogens with one attached hydrogen (secondary N) is 1. The normalized spacial score (nSPS) is 25.2. The van der Waals surface area contributed by atoms with Gasteiger partial charge in [-0.3, -0.25) is 4.79 Å². The highest BCUT2D eigenvalue weighted by atomic mass is 35.5. The van der Waals surface area contributed by atoms with Gasteiger partial charge in [-0.2, -0.15) is 13.2 Å². The Bertz CT molecular complexity index is 309. The van der Waals surface area contributed by atoms with E-state index in [-0.39, 0.29) is 12.3 Å². The maximum atomic E-state index is 12.9. The standard InChI is InChI=1S/C14H23ClF3NO/c1-2-10(7-8-15)9-19-13(20)11-5-3-4-6-12(11)14(16,17)18/h10-12H,2-9H2,1H3,(H,19,20). The average Bonchev–Trinajstić information content (AvgIpc) is 2.42. The quantitative estimate of drug-likeness (QED) is 0.734. The molecule has 1 rings (SSSR count). The van der Waals surface area contributed by atoms with Crippen LogP contribution in [0.2, 0.25) is 0 Å². The Morgan fingerprint density at radius 1 is 1.35 bits per heavy atom. The molecule has 3 atom stereocenters. The predicted octanol–water partition coefficient (Wildman–Crippen LogP) is 4.13. The second-order valence-electron chi connectivity index (χ2n) is 5.54. The van der Waals surface area contributed by atoms with Crippen molar-refractivity contribution in [1.82, 2.24) is 5.32 Å². The summed E-state index contributed by atoms with van der Waals surface area (Å²) < 4.78 is 38.8. The monoisotopic (exact) mass is 313 g/mol. The molecule has 0 radical (unpaired) electrons. The van der Waals surface area contributed by atoms with E-state index in [9.17, 15) is 18.0 Å². The van der Waals surface area contributed by atoms with Crippen LogP contribution in [0.25, 0.3) is 0 Å². The topological polar surface area (TPSA) is 29.1 Å². The minimum atomic E-state index is -4.28. The first-order valence-electron chi connectivity index (χ1n) is 7.30. The summed E-state index contributed by atoms with van der Waals surface area (Å²) in [6.07, 6.45) is -0.987. The summed E-state index contributed by atoms with van der Waals surface area (Å²) in [6.45, 7) is 2.41. The molecule has 1 saturated carbocycles. The lowest BCUT2D eigenvalue weighted by atomic mass is 9.78. The highest BCUT2D eigenvalue weighted by molar-refractivity contribution is 6.17. The van der Waals surface area contributed by atoms with Gasteiger partial charge in [0.05, 0.1) is 5.92 Å². The summed E-state index contributed by atoms with van der Waals surface area (Å²) in [5.41, 5.74) is 0. The second kappa shape index (κ2) is 8.11. The molecule has 1 N–H and O–H groups in total. The molecule has 1 aliphatic carbocycles. The van der Waals surface area contributed by atoms with E-state index in [4.69, 9.17) is 11.6 Å². The smallest absolute Gasteiger partial charge is 0.356 e. The van der Waals surface area contributed by atoms with E-state index in [1.807, 2.05) is 6.92 Å². The van der Waals surface area contributed by atoms with E-state index >= 15 is 0 Å². The SMILES string of the molecule is CCC(CCCl)CNC(=O)C1CCCCC1C(F)(F)F. The van der Waals surface area contributed by atoms with E-state index in [0.29, 0.717) is 31.7 Å². The minimum absolute atomic E-state index is 0.0699. The number of hydrogen-bond donors (Lipinski definition) is 1. The van der Waals surface area contributed by atoms with Crippen LogP contribution in [0.5, 0.6) is 0 Å². The van der Waals surface area contributed by atoms with Crippen molar-refractivity contribution in [3.8, 4) is 0 Å². The van der Waals surface area contributed by atoms with Crippen LogP contribution in [0, 0.1) is 17.8 Å². The van der Waals surface area contributed by atoms with Gasteiger partial charge in [-0.25, -0.2) is 0 Å². The number of carbonyl (C=O) groups is 1. The van der Waals surface area contributed by atoms with Crippen LogP contribution in [0.3, 0.4) is 0 Å². The van der Waals surface area contributed by atoms with Crippen molar-refractivity contribution in [2.45, 2.75) is 51.6 Å². The van der Waals surface area contributed by atoms with Crippen LogP contribution in [-0.4, -0.2) is 24.5 Å². The maximum Gasteiger partial charge on any atom is 0.392 e. The van der Waals surface area contributed by atoms with E-state index in [0.717, 1.165) is 12.8 Å². The van der Waals surface area contributed by atoms with Crippen molar-refractivity contribution in [2.75, 3.05) is 12.4 Å².